The number of benzene rings is 2. The largest absolute Gasteiger partial charge is 0.504 e. The predicted octanol–water partition coefficient (Wildman–Crippen LogP) is 1.83. The molecule has 3 rings (SSSR count). The van der Waals surface area contributed by atoms with Gasteiger partial charge in [0, 0.05) is 0 Å². The number of aromatic nitrogens is 3. The van der Waals surface area contributed by atoms with Crippen molar-refractivity contribution in [3.63, 3.8) is 0 Å². The minimum atomic E-state index is -0.205. The van der Waals surface area contributed by atoms with Gasteiger partial charge < -0.3 is 10.2 Å². The molecule has 1 aromatic heterocycles. The molecular formula is C12H9N3O2. The van der Waals surface area contributed by atoms with E-state index in [1.165, 1.54) is 10.7 Å². The van der Waals surface area contributed by atoms with Crippen LogP contribution in [-0.2, 0) is 0 Å². The van der Waals surface area contributed by atoms with Crippen LogP contribution >= 0.6 is 0 Å². The first-order valence-corrected chi connectivity index (χ1v) is 5.09. The first-order valence-electron chi connectivity index (χ1n) is 5.09. The molecule has 5 nitrogen and oxygen atoms in total. The number of aromatic hydroxyl groups is 2. The van der Waals surface area contributed by atoms with Crippen molar-refractivity contribution in [1.82, 2.24) is 15.0 Å². The maximum absolute atomic E-state index is 9.79. The number of hydrogen-bond donors (Lipinski definition) is 2. The molecule has 2 N–H and O–H groups in total. The van der Waals surface area contributed by atoms with Gasteiger partial charge in [0.1, 0.15) is 11.2 Å². The van der Waals surface area contributed by atoms with Crippen LogP contribution in [0.25, 0.3) is 16.7 Å². The summed E-state index contributed by atoms with van der Waals surface area (Å²) in [7, 11) is 0. The Bertz CT molecular complexity index is 691. The monoisotopic (exact) mass is 227 g/mol. The van der Waals surface area contributed by atoms with Crippen LogP contribution in [0.5, 0.6) is 11.5 Å². The van der Waals surface area contributed by atoms with Crippen molar-refractivity contribution in [1.29, 1.82) is 0 Å². The Morgan fingerprint density at radius 3 is 2.65 bits per heavy atom. The fourth-order valence-electron chi connectivity index (χ4n) is 1.74. The number of hydrogen-bond acceptors (Lipinski definition) is 4. The van der Waals surface area contributed by atoms with Gasteiger partial charge in [0.25, 0.3) is 0 Å². The zero-order valence-corrected chi connectivity index (χ0v) is 8.78. The maximum atomic E-state index is 9.79. The van der Waals surface area contributed by atoms with E-state index in [1.807, 2.05) is 24.3 Å². The number of rotatable bonds is 1. The first kappa shape index (κ1) is 9.65. The molecule has 0 spiro atoms. The maximum Gasteiger partial charge on any atom is 0.183 e. The molecule has 0 aliphatic carbocycles. The number of nitrogens with zero attached hydrogens (tertiary/aromatic N) is 3. The smallest absolute Gasteiger partial charge is 0.183 e. The molecule has 0 aliphatic rings. The van der Waals surface area contributed by atoms with E-state index in [9.17, 15) is 10.2 Å². The van der Waals surface area contributed by atoms with E-state index in [1.54, 1.807) is 12.1 Å². The van der Waals surface area contributed by atoms with E-state index in [-0.39, 0.29) is 11.5 Å². The van der Waals surface area contributed by atoms with Crippen molar-refractivity contribution in [2.45, 2.75) is 0 Å². The van der Waals surface area contributed by atoms with Gasteiger partial charge in [-0.1, -0.05) is 23.4 Å². The van der Waals surface area contributed by atoms with Crippen molar-refractivity contribution < 1.29 is 10.2 Å². The predicted molar refractivity (Wildman–Crippen MR) is 62.2 cm³/mol. The van der Waals surface area contributed by atoms with Gasteiger partial charge in [0.05, 0.1) is 5.52 Å². The molecule has 2 aromatic carbocycles. The number of phenolic OH excluding ortho intramolecular Hbond substituents is 2. The Kier molecular flexibility index (Phi) is 1.98. The molecule has 0 amide bonds. The van der Waals surface area contributed by atoms with Gasteiger partial charge in [0.15, 0.2) is 11.5 Å². The molecular weight excluding hydrogens is 218 g/mol. The highest BCUT2D eigenvalue weighted by molar-refractivity contribution is 5.76. The van der Waals surface area contributed by atoms with Crippen molar-refractivity contribution in [3.8, 4) is 17.2 Å². The summed E-state index contributed by atoms with van der Waals surface area (Å²) in [4.78, 5) is 0. The average molecular weight is 227 g/mol. The summed E-state index contributed by atoms with van der Waals surface area (Å²) in [5, 5.41) is 27.2. The van der Waals surface area contributed by atoms with E-state index < -0.39 is 0 Å². The van der Waals surface area contributed by atoms with Gasteiger partial charge in [-0.3, -0.25) is 0 Å². The van der Waals surface area contributed by atoms with E-state index in [2.05, 4.69) is 10.3 Å². The Hall–Kier alpha value is -2.56. The molecule has 0 saturated carbocycles. The lowest BCUT2D eigenvalue weighted by atomic mass is 10.2. The van der Waals surface area contributed by atoms with E-state index in [0.29, 0.717) is 5.69 Å². The van der Waals surface area contributed by atoms with Crippen LogP contribution in [0.4, 0.5) is 0 Å². The van der Waals surface area contributed by atoms with Crippen molar-refractivity contribution >= 4 is 11.0 Å². The second-order valence-electron chi connectivity index (χ2n) is 3.63. The summed E-state index contributed by atoms with van der Waals surface area (Å²) in [6.45, 7) is 0. The molecule has 0 fully saturated rings. The van der Waals surface area contributed by atoms with Gasteiger partial charge >= 0.3 is 0 Å². The van der Waals surface area contributed by atoms with Crippen LogP contribution < -0.4 is 0 Å². The summed E-state index contributed by atoms with van der Waals surface area (Å²) in [5.74, 6) is -0.384. The lowest BCUT2D eigenvalue weighted by Crippen LogP contribution is -1.96. The lowest BCUT2D eigenvalue weighted by Gasteiger charge is -2.05. The first-order chi connectivity index (χ1) is 8.27. The molecule has 5 heteroatoms. The molecule has 3 aromatic rings. The molecule has 0 atom stereocenters. The van der Waals surface area contributed by atoms with Crippen LogP contribution in [0.1, 0.15) is 0 Å². The molecule has 0 bridgehead atoms. The second-order valence-corrected chi connectivity index (χ2v) is 3.63. The summed E-state index contributed by atoms with van der Waals surface area (Å²) in [5.41, 5.74) is 1.90. The Morgan fingerprint density at radius 1 is 0.941 bits per heavy atom. The molecule has 0 saturated heterocycles. The van der Waals surface area contributed by atoms with Crippen LogP contribution in [0.3, 0.4) is 0 Å². The Morgan fingerprint density at radius 2 is 1.76 bits per heavy atom. The minimum Gasteiger partial charge on any atom is -0.504 e. The summed E-state index contributed by atoms with van der Waals surface area (Å²) < 4.78 is 1.49. The van der Waals surface area contributed by atoms with Crippen LogP contribution in [-0.4, -0.2) is 25.2 Å². The summed E-state index contributed by atoms with van der Waals surface area (Å²) in [6, 6.07) is 12.1. The van der Waals surface area contributed by atoms with Gasteiger partial charge in [-0.05, 0) is 24.3 Å². The van der Waals surface area contributed by atoms with E-state index in [0.717, 1.165) is 11.0 Å². The molecule has 1 heterocycles. The van der Waals surface area contributed by atoms with E-state index >= 15 is 0 Å². The normalized spacial score (nSPS) is 10.8. The fourth-order valence-corrected chi connectivity index (χ4v) is 1.74. The standard InChI is InChI=1S/C12H9N3O2/c16-11-7-3-6-10(12(11)17)15-9-5-2-1-4-8(9)13-14-15/h1-7,16-17H. The quantitative estimate of drug-likeness (QED) is 0.622. The number of phenols is 2. The van der Waals surface area contributed by atoms with Gasteiger partial charge in [-0.2, -0.15) is 0 Å². The third-order valence-corrected chi connectivity index (χ3v) is 2.57. The minimum absolute atomic E-state index is 0.179. The van der Waals surface area contributed by atoms with Crippen molar-refractivity contribution in [2.75, 3.05) is 0 Å². The van der Waals surface area contributed by atoms with Crippen LogP contribution in [0.15, 0.2) is 42.5 Å². The van der Waals surface area contributed by atoms with E-state index in [4.69, 9.17) is 0 Å². The third-order valence-electron chi connectivity index (χ3n) is 2.57. The molecule has 0 unspecified atom stereocenters. The third kappa shape index (κ3) is 1.40. The van der Waals surface area contributed by atoms with Gasteiger partial charge in [0.2, 0.25) is 0 Å². The van der Waals surface area contributed by atoms with Gasteiger partial charge in [-0.15, -0.1) is 5.10 Å². The number of fused-ring (bicyclic) bond motifs is 1. The summed E-state index contributed by atoms with van der Waals surface area (Å²) in [6.07, 6.45) is 0. The lowest BCUT2D eigenvalue weighted by molar-refractivity contribution is 0.401. The van der Waals surface area contributed by atoms with Crippen LogP contribution in [0, 0.1) is 0 Å². The molecule has 17 heavy (non-hydrogen) atoms. The topological polar surface area (TPSA) is 71.2 Å². The molecule has 84 valence electrons. The second kappa shape index (κ2) is 3.48. The summed E-state index contributed by atoms with van der Waals surface area (Å²) >= 11 is 0. The Labute approximate surface area is 96.6 Å². The van der Waals surface area contributed by atoms with Crippen LogP contribution in [0.2, 0.25) is 0 Å². The molecule has 0 aliphatic heterocycles. The highest BCUT2D eigenvalue weighted by Crippen LogP contribution is 2.31. The SMILES string of the molecule is Oc1cccc(-n2nnc3ccccc32)c1O. The molecule has 0 radical (unpaired) electrons. The highest BCUT2D eigenvalue weighted by Gasteiger charge is 2.11. The Balaban J connectivity index is 2.31. The fraction of sp³-hybridized carbons (Fsp3) is 0. The highest BCUT2D eigenvalue weighted by atomic mass is 16.3. The number of para-hydroxylation sites is 2. The van der Waals surface area contributed by atoms with Crippen molar-refractivity contribution in [3.05, 3.63) is 42.5 Å². The van der Waals surface area contributed by atoms with Gasteiger partial charge in [-0.25, -0.2) is 4.68 Å². The zero-order chi connectivity index (χ0) is 11.8. The average Bonchev–Trinajstić information content (AvgIpc) is 2.77. The zero-order valence-electron chi connectivity index (χ0n) is 8.78. The van der Waals surface area contributed by atoms with Crippen molar-refractivity contribution in [2.24, 2.45) is 0 Å².